The van der Waals surface area contributed by atoms with Gasteiger partial charge in [-0.15, -0.1) is 0 Å². The van der Waals surface area contributed by atoms with Gasteiger partial charge in [0.1, 0.15) is 0 Å². The van der Waals surface area contributed by atoms with Crippen molar-refractivity contribution in [1.82, 2.24) is 20.9 Å². The summed E-state index contributed by atoms with van der Waals surface area (Å²) in [6.45, 7) is 2.89. The zero-order chi connectivity index (χ0) is 18.1. The molecule has 1 atom stereocenters. The summed E-state index contributed by atoms with van der Waals surface area (Å²) >= 11 is 1.89. The predicted molar refractivity (Wildman–Crippen MR) is 103 cm³/mol. The maximum absolute atomic E-state index is 12.0. The van der Waals surface area contributed by atoms with E-state index in [2.05, 4.69) is 16.0 Å². The van der Waals surface area contributed by atoms with Crippen LogP contribution in [0, 0.1) is 0 Å². The monoisotopic (exact) mass is 364 g/mol. The van der Waals surface area contributed by atoms with Gasteiger partial charge in [0.15, 0.2) is 0 Å². The van der Waals surface area contributed by atoms with Crippen LogP contribution in [0.3, 0.4) is 0 Å². The first-order valence-corrected chi connectivity index (χ1v) is 9.80. The van der Waals surface area contributed by atoms with E-state index in [9.17, 15) is 9.59 Å². The molecule has 1 aliphatic heterocycles. The third-order valence-electron chi connectivity index (χ3n) is 3.98. The van der Waals surface area contributed by atoms with Gasteiger partial charge in [-0.1, -0.05) is 12.1 Å². The first kappa shape index (κ1) is 19.8. The minimum Gasteiger partial charge on any atom is -0.352 e. The van der Waals surface area contributed by atoms with Crippen LogP contribution in [0.1, 0.15) is 22.3 Å². The van der Waals surface area contributed by atoms with Gasteiger partial charge < -0.3 is 20.9 Å². The third-order valence-corrected chi connectivity index (χ3v) is 5.11. The average molecular weight is 365 g/mol. The standard InChI is InChI=1S/C18H28N4O2S/c1-22(2)9-7-20-18(24)15-5-3-14(4-6-15)12-21-17(23)11-16-13-25-10-8-19-16/h3-6,16,19H,7-13H2,1-2H3,(H,20,24)(H,21,23). The molecule has 2 rings (SSSR count). The Hall–Kier alpha value is -1.57. The van der Waals surface area contributed by atoms with Crippen molar-refractivity contribution < 1.29 is 9.59 Å². The first-order chi connectivity index (χ1) is 12.0. The number of thioether (sulfide) groups is 1. The van der Waals surface area contributed by atoms with E-state index in [1.54, 1.807) is 12.1 Å². The van der Waals surface area contributed by atoms with Crippen LogP contribution in [0.15, 0.2) is 24.3 Å². The van der Waals surface area contributed by atoms with E-state index in [4.69, 9.17) is 0 Å². The van der Waals surface area contributed by atoms with E-state index in [-0.39, 0.29) is 17.9 Å². The van der Waals surface area contributed by atoms with E-state index >= 15 is 0 Å². The molecule has 138 valence electrons. The summed E-state index contributed by atoms with van der Waals surface area (Å²) in [5.41, 5.74) is 1.63. The van der Waals surface area contributed by atoms with Gasteiger partial charge >= 0.3 is 0 Å². The van der Waals surface area contributed by atoms with Crippen LogP contribution < -0.4 is 16.0 Å². The van der Waals surface area contributed by atoms with Crippen molar-refractivity contribution >= 4 is 23.6 Å². The molecule has 0 aliphatic carbocycles. The highest BCUT2D eigenvalue weighted by Crippen LogP contribution is 2.10. The lowest BCUT2D eigenvalue weighted by Gasteiger charge is -2.22. The molecule has 6 nitrogen and oxygen atoms in total. The van der Waals surface area contributed by atoms with Crippen LogP contribution in [-0.2, 0) is 11.3 Å². The van der Waals surface area contributed by atoms with Crippen molar-refractivity contribution in [1.29, 1.82) is 0 Å². The van der Waals surface area contributed by atoms with Crippen LogP contribution in [0.4, 0.5) is 0 Å². The highest BCUT2D eigenvalue weighted by atomic mass is 32.2. The molecule has 25 heavy (non-hydrogen) atoms. The summed E-state index contributed by atoms with van der Waals surface area (Å²) in [6.07, 6.45) is 0.513. The number of nitrogens with zero attached hydrogens (tertiary/aromatic N) is 1. The number of hydrogen-bond donors (Lipinski definition) is 3. The number of likely N-dealkylation sites (N-methyl/N-ethyl adjacent to an activating group) is 1. The Bertz CT molecular complexity index is 557. The van der Waals surface area contributed by atoms with Crippen LogP contribution >= 0.6 is 11.8 Å². The Labute approximate surface area is 154 Å². The topological polar surface area (TPSA) is 73.5 Å². The van der Waals surface area contributed by atoms with Crippen LogP contribution in [0.2, 0.25) is 0 Å². The van der Waals surface area contributed by atoms with Gasteiger partial charge in [0.2, 0.25) is 5.91 Å². The van der Waals surface area contributed by atoms with Gasteiger partial charge in [-0.05, 0) is 31.8 Å². The van der Waals surface area contributed by atoms with Crippen molar-refractivity contribution in [2.75, 3.05) is 45.2 Å². The molecule has 0 radical (unpaired) electrons. The maximum Gasteiger partial charge on any atom is 0.251 e. The Morgan fingerprint density at radius 2 is 2.00 bits per heavy atom. The summed E-state index contributed by atoms with van der Waals surface area (Å²) in [5, 5.41) is 9.20. The molecule has 0 saturated carbocycles. The van der Waals surface area contributed by atoms with Gasteiger partial charge in [-0.3, -0.25) is 9.59 Å². The van der Waals surface area contributed by atoms with Crippen LogP contribution in [-0.4, -0.2) is 68.0 Å². The maximum atomic E-state index is 12.0. The van der Waals surface area contributed by atoms with Crippen molar-refractivity contribution in [2.45, 2.75) is 19.0 Å². The van der Waals surface area contributed by atoms with E-state index < -0.39 is 0 Å². The van der Waals surface area contributed by atoms with Gasteiger partial charge in [-0.25, -0.2) is 0 Å². The molecule has 1 aromatic carbocycles. The van der Waals surface area contributed by atoms with Gasteiger partial charge in [0, 0.05) is 55.7 Å². The molecule has 1 aromatic rings. The SMILES string of the molecule is CN(C)CCNC(=O)c1ccc(CNC(=O)CC2CSCCN2)cc1. The summed E-state index contributed by atoms with van der Waals surface area (Å²) < 4.78 is 0. The average Bonchev–Trinajstić information content (AvgIpc) is 2.61. The fourth-order valence-corrected chi connectivity index (χ4v) is 3.47. The number of carbonyl (C=O) groups is 2. The van der Waals surface area contributed by atoms with Crippen molar-refractivity contribution in [3.63, 3.8) is 0 Å². The highest BCUT2D eigenvalue weighted by molar-refractivity contribution is 7.99. The molecule has 0 spiro atoms. The molecular formula is C18H28N4O2S. The molecule has 1 saturated heterocycles. The quantitative estimate of drug-likeness (QED) is 0.633. The lowest BCUT2D eigenvalue weighted by atomic mass is 10.1. The predicted octanol–water partition coefficient (Wildman–Crippen LogP) is 0.689. The lowest BCUT2D eigenvalue weighted by Crippen LogP contribution is -2.41. The number of benzene rings is 1. The Morgan fingerprint density at radius 1 is 1.24 bits per heavy atom. The van der Waals surface area contributed by atoms with E-state index in [1.807, 2.05) is 42.9 Å². The van der Waals surface area contributed by atoms with Crippen molar-refractivity contribution in [2.24, 2.45) is 0 Å². The fourth-order valence-electron chi connectivity index (χ4n) is 2.52. The molecule has 1 heterocycles. The minimum atomic E-state index is -0.0710. The molecule has 7 heteroatoms. The summed E-state index contributed by atoms with van der Waals surface area (Å²) in [4.78, 5) is 26.0. The number of carbonyl (C=O) groups excluding carboxylic acids is 2. The molecule has 1 aliphatic rings. The normalized spacial score (nSPS) is 17.3. The fraction of sp³-hybridized carbons (Fsp3) is 0.556. The first-order valence-electron chi connectivity index (χ1n) is 8.64. The van der Waals surface area contributed by atoms with Crippen LogP contribution in [0.5, 0.6) is 0 Å². The highest BCUT2D eigenvalue weighted by Gasteiger charge is 2.16. The second-order valence-electron chi connectivity index (χ2n) is 6.46. The Balaban J connectivity index is 1.72. The Kier molecular flexibility index (Phi) is 8.24. The number of hydrogen-bond acceptors (Lipinski definition) is 5. The molecule has 0 aromatic heterocycles. The molecule has 2 amide bonds. The summed E-state index contributed by atoms with van der Waals surface area (Å²) in [6, 6.07) is 7.63. The number of rotatable bonds is 8. The largest absolute Gasteiger partial charge is 0.352 e. The zero-order valence-corrected chi connectivity index (χ0v) is 15.8. The van der Waals surface area contributed by atoms with Gasteiger partial charge in [-0.2, -0.15) is 11.8 Å². The second-order valence-corrected chi connectivity index (χ2v) is 7.61. The summed E-state index contributed by atoms with van der Waals surface area (Å²) in [5.74, 6) is 2.10. The van der Waals surface area contributed by atoms with E-state index in [1.165, 1.54) is 0 Å². The molecule has 1 fully saturated rings. The molecule has 0 bridgehead atoms. The number of nitrogens with one attached hydrogen (secondary N) is 3. The molecular weight excluding hydrogens is 336 g/mol. The van der Waals surface area contributed by atoms with E-state index in [0.29, 0.717) is 25.1 Å². The molecule has 3 N–H and O–H groups in total. The van der Waals surface area contributed by atoms with E-state index in [0.717, 1.165) is 30.2 Å². The summed E-state index contributed by atoms with van der Waals surface area (Å²) in [7, 11) is 3.94. The van der Waals surface area contributed by atoms with Gasteiger partial charge in [0.25, 0.3) is 5.91 Å². The molecule has 1 unspecified atom stereocenters. The van der Waals surface area contributed by atoms with Crippen molar-refractivity contribution in [3.8, 4) is 0 Å². The van der Waals surface area contributed by atoms with Gasteiger partial charge in [0.05, 0.1) is 0 Å². The zero-order valence-electron chi connectivity index (χ0n) is 15.0. The Morgan fingerprint density at radius 3 is 2.64 bits per heavy atom. The minimum absolute atomic E-state index is 0.0607. The number of amides is 2. The third kappa shape index (κ3) is 7.46. The lowest BCUT2D eigenvalue weighted by molar-refractivity contribution is -0.121. The second kappa shape index (κ2) is 10.4. The van der Waals surface area contributed by atoms with Crippen LogP contribution in [0.25, 0.3) is 0 Å². The smallest absolute Gasteiger partial charge is 0.251 e. The van der Waals surface area contributed by atoms with Crippen molar-refractivity contribution in [3.05, 3.63) is 35.4 Å².